The monoisotopic (exact) mass is 301 g/mol. The van der Waals surface area contributed by atoms with Gasteiger partial charge in [0.2, 0.25) is 0 Å². The summed E-state index contributed by atoms with van der Waals surface area (Å²) < 4.78 is 42.8. The number of hydrogen-bond acceptors (Lipinski definition) is 5. The molecule has 0 radical (unpaired) electrons. The number of rotatable bonds is 4. The van der Waals surface area contributed by atoms with Gasteiger partial charge < -0.3 is 10.5 Å². The third-order valence-electron chi connectivity index (χ3n) is 2.95. The second-order valence-electron chi connectivity index (χ2n) is 4.29. The Balaban J connectivity index is 2.46. The Kier molecular flexibility index (Phi) is 4.05. The van der Waals surface area contributed by atoms with Crippen LogP contribution in [-0.4, -0.2) is 16.1 Å². The topological polar surface area (TPSA) is 91.1 Å². The third kappa shape index (κ3) is 3.26. The molecule has 1 unspecified atom stereocenters. The average molecular weight is 301 g/mol. The lowest BCUT2D eigenvalue weighted by Crippen LogP contribution is -2.30. The number of nitrogen functional groups attached to an aromatic ring is 1. The van der Waals surface area contributed by atoms with Crippen LogP contribution in [0.4, 0.5) is 19.0 Å². The normalized spacial score (nSPS) is 13.2. The zero-order valence-electron chi connectivity index (χ0n) is 11.1. The molecule has 9 heteroatoms. The SMILES string of the molecule is Cn1ncc(C(NN)c2ccccc2OC(F)(F)F)c1N. The number of halogens is 3. The van der Waals surface area contributed by atoms with E-state index in [1.807, 2.05) is 0 Å². The van der Waals surface area contributed by atoms with E-state index in [2.05, 4.69) is 15.3 Å². The van der Waals surface area contributed by atoms with Crippen molar-refractivity contribution >= 4 is 5.82 Å². The largest absolute Gasteiger partial charge is 0.573 e. The molecular weight excluding hydrogens is 287 g/mol. The molecule has 2 aromatic rings. The molecule has 0 saturated carbocycles. The van der Waals surface area contributed by atoms with E-state index in [9.17, 15) is 13.2 Å². The van der Waals surface area contributed by atoms with Crippen molar-refractivity contribution in [1.82, 2.24) is 15.2 Å². The van der Waals surface area contributed by atoms with Crippen LogP contribution in [0.3, 0.4) is 0 Å². The second-order valence-corrected chi connectivity index (χ2v) is 4.29. The van der Waals surface area contributed by atoms with E-state index >= 15 is 0 Å². The van der Waals surface area contributed by atoms with E-state index in [1.54, 1.807) is 13.1 Å². The molecule has 0 fully saturated rings. The first-order valence-corrected chi connectivity index (χ1v) is 5.91. The van der Waals surface area contributed by atoms with Gasteiger partial charge in [-0.25, -0.2) is 5.43 Å². The Morgan fingerprint density at radius 1 is 1.29 bits per heavy atom. The van der Waals surface area contributed by atoms with Crippen LogP contribution in [0.2, 0.25) is 0 Å². The molecule has 0 spiro atoms. The maximum atomic E-state index is 12.5. The van der Waals surface area contributed by atoms with Crippen LogP contribution >= 0.6 is 0 Å². The Bertz CT molecular complexity index is 626. The van der Waals surface area contributed by atoms with Crippen LogP contribution in [-0.2, 0) is 7.05 Å². The number of anilines is 1. The van der Waals surface area contributed by atoms with Gasteiger partial charge in [-0.2, -0.15) is 5.10 Å². The second kappa shape index (κ2) is 5.62. The van der Waals surface area contributed by atoms with Crippen molar-refractivity contribution in [2.45, 2.75) is 12.4 Å². The van der Waals surface area contributed by atoms with Gasteiger partial charge in [-0.1, -0.05) is 18.2 Å². The number of aryl methyl sites for hydroxylation is 1. The molecule has 0 amide bonds. The predicted molar refractivity (Wildman–Crippen MR) is 69.9 cm³/mol. The minimum atomic E-state index is -4.80. The van der Waals surface area contributed by atoms with Gasteiger partial charge in [-0.05, 0) is 6.07 Å². The van der Waals surface area contributed by atoms with E-state index in [0.717, 1.165) is 0 Å². The summed E-state index contributed by atoms with van der Waals surface area (Å²) in [4.78, 5) is 0. The highest BCUT2D eigenvalue weighted by Gasteiger charge is 2.33. The number of hydrogen-bond donors (Lipinski definition) is 3. The highest BCUT2D eigenvalue weighted by atomic mass is 19.4. The van der Waals surface area contributed by atoms with Crippen LogP contribution in [0, 0.1) is 0 Å². The minimum absolute atomic E-state index is 0.206. The van der Waals surface area contributed by atoms with Crippen LogP contribution in [0.5, 0.6) is 5.75 Å². The first-order valence-electron chi connectivity index (χ1n) is 5.91. The summed E-state index contributed by atoms with van der Waals surface area (Å²) in [6.07, 6.45) is -3.36. The fraction of sp³-hybridized carbons (Fsp3) is 0.250. The number of hydrazine groups is 1. The van der Waals surface area contributed by atoms with Crippen molar-refractivity contribution in [3.8, 4) is 5.75 Å². The average Bonchev–Trinajstić information content (AvgIpc) is 2.72. The van der Waals surface area contributed by atoms with E-state index in [1.165, 1.54) is 29.1 Å². The maximum Gasteiger partial charge on any atom is 0.573 e. The zero-order chi connectivity index (χ0) is 15.6. The van der Waals surface area contributed by atoms with Gasteiger partial charge in [-0.15, -0.1) is 13.2 Å². The molecule has 0 bridgehead atoms. The molecule has 5 N–H and O–H groups in total. The summed E-state index contributed by atoms with van der Waals surface area (Å²) in [5, 5.41) is 3.95. The van der Waals surface area contributed by atoms with E-state index in [4.69, 9.17) is 11.6 Å². The Morgan fingerprint density at radius 3 is 2.48 bits per heavy atom. The molecule has 1 aromatic carbocycles. The summed E-state index contributed by atoms with van der Waals surface area (Å²) >= 11 is 0. The Hall–Kier alpha value is -2.26. The minimum Gasteiger partial charge on any atom is -0.405 e. The number of aromatic nitrogens is 2. The van der Waals surface area contributed by atoms with Gasteiger partial charge in [0.25, 0.3) is 0 Å². The molecule has 114 valence electrons. The standard InChI is InChI=1S/C12H14F3N5O/c1-20-11(16)8(6-18-20)10(19-17)7-4-2-3-5-9(7)21-12(13,14)15/h2-6,10,19H,16-17H2,1H3. The van der Waals surface area contributed by atoms with Crippen LogP contribution in [0.1, 0.15) is 17.2 Å². The number of benzene rings is 1. The summed E-state index contributed by atoms with van der Waals surface area (Å²) in [5.74, 6) is 5.41. The lowest BCUT2D eigenvalue weighted by Gasteiger charge is -2.20. The van der Waals surface area contributed by atoms with Crippen molar-refractivity contribution < 1.29 is 17.9 Å². The number of nitrogens with zero attached hydrogens (tertiary/aromatic N) is 2. The number of nitrogens with two attached hydrogens (primary N) is 2. The maximum absolute atomic E-state index is 12.5. The number of alkyl halides is 3. The van der Waals surface area contributed by atoms with Gasteiger partial charge in [0.05, 0.1) is 12.2 Å². The Labute approximate surface area is 118 Å². The van der Waals surface area contributed by atoms with Crippen LogP contribution in [0.15, 0.2) is 30.5 Å². The molecule has 0 saturated heterocycles. The van der Waals surface area contributed by atoms with Crippen molar-refractivity contribution in [1.29, 1.82) is 0 Å². The summed E-state index contributed by atoms with van der Waals surface area (Å²) in [7, 11) is 1.62. The van der Waals surface area contributed by atoms with Gasteiger partial charge in [0.15, 0.2) is 0 Å². The van der Waals surface area contributed by atoms with Gasteiger partial charge >= 0.3 is 6.36 Å². The molecule has 1 aromatic heterocycles. The van der Waals surface area contributed by atoms with Gasteiger partial charge in [0.1, 0.15) is 11.6 Å². The molecule has 0 aliphatic heterocycles. The molecule has 1 atom stereocenters. The molecule has 1 heterocycles. The third-order valence-corrected chi connectivity index (χ3v) is 2.95. The fourth-order valence-corrected chi connectivity index (χ4v) is 1.97. The van der Waals surface area contributed by atoms with Crippen molar-refractivity contribution in [3.63, 3.8) is 0 Å². The number of para-hydroxylation sites is 1. The lowest BCUT2D eigenvalue weighted by atomic mass is 10.0. The molecule has 21 heavy (non-hydrogen) atoms. The molecular formula is C12H14F3N5O. The van der Waals surface area contributed by atoms with Crippen LogP contribution < -0.4 is 21.7 Å². The summed E-state index contributed by atoms with van der Waals surface area (Å²) in [6.45, 7) is 0. The van der Waals surface area contributed by atoms with Crippen molar-refractivity contribution in [3.05, 3.63) is 41.6 Å². The van der Waals surface area contributed by atoms with Crippen molar-refractivity contribution in [2.75, 3.05) is 5.73 Å². The summed E-state index contributed by atoms with van der Waals surface area (Å²) in [6, 6.07) is 4.91. The van der Waals surface area contributed by atoms with E-state index < -0.39 is 12.4 Å². The van der Waals surface area contributed by atoms with Gasteiger partial charge in [0, 0.05) is 18.2 Å². The van der Waals surface area contributed by atoms with Gasteiger partial charge in [-0.3, -0.25) is 10.5 Å². The quantitative estimate of drug-likeness (QED) is 0.587. The highest BCUT2D eigenvalue weighted by Crippen LogP contribution is 2.34. The highest BCUT2D eigenvalue weighted by molar-refractivity contribution is 5.49. The van der Waals surface area contributed by atoms with Crippen molar-refractivity contribution in [2.24, 2.45) is 12.9 Å². The smallest absolute Gasteiger partial charge is 0.405 e. The fourth-order valence-electron chi connectivity index (χ4n) is 1.97. The molecule has 0 aliphatic carbocycles. The van der Waals surface area contributed by atoms with Crippen LogP contribution in [0.25, 0.3) is 0 Å². The molecule has 0 aliphatic rings. The van der Waals surface area contributed by atoms with E-state index in [-0.39, 0.29) is 11.3 Å². The Morgan fingerprint density at radius 2 is 1.95 bits per heavy atom. The summed E-state index contributed by atoms with van der Waals surface area (Å²) in [5.41, 5.74) is 8.93. The van der Waals surface area contributed by atoms with E-state index in [0.29, 0.717) is 11.4 Å². The first kappa shape index (κ1) is 15.1. The zero-order valence-corrected chi connectivity index (χ0v) is 11.1. The first-order chi connectivity index (χ1) is 9.83. The number of ether oxygens (including phenoxy) is 1. The molecule has 6 nitrogen and oxygen atoms in total. The predicted octanol–water partition coefficient (Wildman–Crippen LogP) is 1.45. The molecule has 2 rings (SSSR count). The lowest BCUT2D eigenvalue weighted by molar-refractivity contribution is -0.275. The number of nitrogens with one attached hydrogen (secondary N) is 1.